The van der Waals surface area contributed by atoms with E-state index in [1.54, 1.807) is 0 Å². The number of furan rings is 1. The molecule has 1 heterocycles. The summed E-state index contributed by atoms with van der Waals surface area (Å²) in [4.78, 5) is 0. The minimum atomic E-state index is -0.430. The minimum absolute atomic E-state index is 0.182. The minimum Gasteiger partial charge on any atom is -0.455 e. The molecular formula is C48H30O. The highest BCUT2D eigenvalue weighted by Gasteiger charge is 2.18. The monoisotopic (exact) mass is 630 g/mol. The predicted octanol–water partition coefficient (Wildman–Crippen LogP) is 13.7. The first-order valence-electron chi connectivity index (χ1n) is 20.2. The summed E-state index contributed by atoms with van der Waals surface area (Å²) >= 11 is 0. The van der Waals surface area contributed by atoms with Gasteiger partial charge in [-0.05, 0) is 89.6 Å². The second kappa shape index (κ2) is 11.1. The highest BCUT2D eigenvalue weighted by molar-refractivity contribution is 6.22. The van der Waals surface area contributed by atoms with Crippen molar-refractivity contribution in [2.24, 2.45) is 0 Å². The van der Waals surface area contributed by atoms with Crippen LogP contribution in [0.25, 0.3) is 98.8 Å². The molecule has 0 fully saturated rings. The van der Waals surface area contributed by atoms with Crippen molar-refractivity contribution in [1.82, 2.24) is 0 Å². The molecule has 0 amide bonds. The maximum absolute atomic E-state index is 9.34. The quantitative estimate of drug-likeness (QED) is 0.176. The van der Waals surface area contributed by atoms with Gasteiger partial charge in [-0.3, -0.25) is 0 Å². The zero-order valence-corrected chi connectivity index (χ0v) is 26.1. The van der Waals surface area contributed by atoms with E-state index in [4.69, 9.17) is 9.90 Å². The molecule has 0 saturated carbocycles. The average Bonchev–Trinajstić information content (AvgIpc) is 3.65. The van der Waals surface area contributed by atoms with Crippen molar-refractivity contribution in [2.75, 3.05) is 0 Å². The van der Waals surface area contributed by atoms with Gasteiger partial charge in [-0.25, -0.2) is 0 Å². The van der Waals surface area contributed by atoms with Gasteiger partial charge in [-0.2, -0.15) is 0 Å². The normalized spacial score (nSPS) is 14.0. The van der Waals surface area contributed by atoms with E-state index in [1.165, 1.54) is 0 Å². The maximum Gasteiger partial charge on any atom is 0.143 e. The Labute approximate surface area is 295 Å². The Kier molecular flexibility index (Phi) is 4.69. The zero-order chi connectivity index (χ0) is 39.3. The van der Waals surface area contributed by atoms with E-state index in [2.05, 4.69) is 24.3 Å². The van der Waals surface area contributed by atoms with Crippen LogP contribution in [0.3, 0.4) is 0 Å². The van der Waals surface area contributed by atoms with Crippen molar-refractivity contribution in [1.29, 1.82) is 0 Å². The Morgan fingerprint density at radius 1 is 0.388 bits per heavy atom. The Morgan fingerprint density at radius 2 is 0.980 bits per heavy atom. The molecule has 1 aromatic heterocycles. The summed E-state index contributed by atoms with van der Waals surface area (Å²) in [6, 6.07) is 40.2. The van der Waals surface area contributed by atoms with Crippen molar-refractivity contribution in [2.45, 2.75) is 0 Å². The van der Waals surface area contributed by atoms with Crippen LogP contribution in [-0.2, 0) is 0 Å². The van der Waals surface area contributed by atoms with Crippen LogP contribution < -0.4 is 0 Å². The molecule has 1 heteroatoms. The second-order valence-corrected chi connectivity index (χ2v) is 12.2. The van der Waals surface area contributed by atoms with Crippen LogP contribution in [0.2, 0.25) is 0 Å². The highest BCUT2D eigenvalue weighted by atomic mass is 16.3. The molecule has 0 atom stereocenters. The fourth-order valence-electron chi connectivity index (χ4n) is 7.30. The fraction of sp³-hybridized carbons (Fsp3) is 0. The number of hydrogen-bond acceptors (Lipinski definition) is 1. The Hall–Kier alpha value is -6.44. The van der Waals surface area contributed by atoms with E-state index in [9.17, 15) is 5.48 Å². The molecule has 0 unspecified atom stereocenters. The van der Waals surface area contributed by atoms with E-state index < -0.39 is 24.2 Å². The summed E-state index contributed by atoms with van der Waals surface area (Å²) in [6.45, 7) is 0. The molecule has 0 bridgehead atoms. The van der Waals surface area contributed by atoms with Crippen molar-refractivity contribution in [3.63, 3.8) is 0 Å². The lowest BCUT2D eigenvalue weighted by Crippen LogP contribution is -1.91. The van der Waals surface area contributed by atoms with Crippen LogP contribution in [-0.4, -0.2) is 0 Å². The molecule has 0 N–H and O–H groups in total. The largest absolute Gasteiger partial charge is 0.455 e. The number of benzene rings is 9. The molecule has 10 aromatic rings. The van der Waals surface area contributed by atoms with Gasteiger partial charge in [0.25, 0.3) is 0 Å². The second-order valence-electron chi connectivity index (χ2n) is 12.2. The van der Waals surface area contributed by atoms with Crippen molar-refractivity contribution < 1.29 is 15.4 Å². The molecule has 0 aliphatic carbocycles. The van der Waals surface area contributed by atoms with Gasteiger partial charge < -0.3 is 4.42 Å². The summed E-state index contributed by atoms with van der Waals surface area (Å²) in [5.41, 5.74) is 6.91. The maximum atomic E-state index is 9.34. The third-order valence-corrected chi connectivity index (χ3v) is 9.51. The van der Waals surface area contributed by atoms with Crippen LogP contribution >= 0.6 is 0 Å². The Balaban J connectivity index is 1.28. The van der Waals surface area contributed by atoms with Crippen LogP contribution in [0, 0.1) is 0 Å². The van der Waals surface area contributed by atoms with Gasteiger partial charge in [0, 0.05) is 16.2 Å². The smallest absolute Gasteiger partial charge is 0.143 e. The number of fused-ring (bicyclic) bond motifs is 7. The van der Waals surface area contributed by atoms with Crippen molar-refractivity contribution in [3.8, 4) is 44.5 Å². The fourth-order valence-corrected chi connectivity index (χ4v) is 7.30. The first-order chi connectivity index (χ1) is 27.6. The van der Waals surface area contributed by atoms with Gasteiger partial charge in [-0.1, -0.05) is 164 Å². The predicted molar refractivity (Wildman–Crippen MR) is 208 cm³/mol. The lowest BCUT2D eigenvalue weighted by atomic mass is 9.85. The van der Waals surface area contributed by atoms with E-state index in [-0.39, 0.29) is 45.7 Å². The molecule has 0 aliphatic rings. The lowest BCUT2D eigenvalue weighted by molar-refractivity contribution is 0.673. The first kappa shape index (κ1) is 20.7. The molecule has 1 nitrogen and oxygen atoms in total. The van der Waals surface area contributed by atoms with E-state index in [1.807, 2.05) is 109 Å². The number of rotatable bonds is 4. The summed E-state index contributed by atoms with van der Waals surface area (Å²) in [6.07, 6.45) is 0. The summed E-state index contributed by atoms with van der Waals surface area (Å²) in [5.74, 6) is 0. The van der Waals surface area contributed by atoms with Gasteiger partial charge in [-0.15, -0.1) is 0 Å². The summed E-state index contributed by atoms with van der Waals surface area (Å²) < 4.78 is 78.9. The third kappa shape index (κ3) is 4.40. The topological polar surface area (TPSA) is 13.1 Å². The van der Waals surface area contributed by atoms with Gasteiger partial charge in [0.1, 0.15) is 11.2 Å². The molecule has 0 radical (unpaired) electrons. The lowest BCUT2D eigenvalue weighted by Gasteiger charge is -2.18. The average molecular weight is 631 g/mol. The van der Waals surface area contributed by atoms with Gasteiger partial charge in [0.2, 0.25) is 0 Å². The van der Waals surface area contributed by atoms with E-state index in [0.29, 0.717) is 22.3 Å². The molecule has 9 aromatic carbocycles. The molecule has 0 spiro atoms. The van der Waals surface area contributed by atoms with Crippen molar-refractivity contribution >= 4 is 54.3 Å². The van der Waals surface area contributed by atoms with Crippen LogP contribution in [0.5, 0.6) is 0 Å². The SMILES string of the molecule is [2H]c1c([2H])c([2H])c2c(-c3cccc(-c4ccccc4)c3)c3c([2H])c([2H])c([2H])c([2H])c3c(-c3ccc(-c4cccc5oc6c7ccccc7ccc6c45)cc3)c2c1[2H]. The summed E-state index contributed by atoms with van der Waals surface area (Å²) in [5, 5.41) is 4.79. The van der Waals surface area contributed by atoms with E-state index in [0.717, 1.165) is 55.0 Å². The molecular weight excluding hydrogens is 593 g/mol. The first-order valence-corrected chi connectivity index (χ1v) is 16.2. The Bertz CT molecular complexity index is 3240. The van der Waals surface area contributed by atoms with Gasteiger partial charge >= 0.3 is 0 Å². The highest BCUT2D eigenvalue weighted by Crippen LogP contribution is 2.45. The molecule has 0 saturated heterocycles. The molecule has 228 valence electrons. The molecule has 0 aliphatic heterocycles. The Morgan fingerprint density at radius 3 is 1.71 bits per heavy atom. The van der Waals surface area contributed by atoms with E-state index >= 15 is 0 Å². The van der Waals surface area contributed by atoms with Crippen LogP contribution in [0.4, 0.5) is 0 Å². The standard InChI is InChI=1S/C48H30O/c1-2-12-31(13-3-1)35-15-10-16-36(30-35)46-41-20-8-6-18-39(41)45(40-19-7-9-21-42(40)46)34-26-24-33(25-27-34)37-22-11-23-44-47(37)43-29-28-32-14-4-5-17-38(32)48(43)49-44/h1-30H/i6D,7D,8D,9D,18D,19D,20D,21D. The van der Waals surface area contributed by atoms with Gasteiger partial charge in [0.05, 0.1) is 11.0 Å². The number of hydrogen-bond donors (Lipinski definition) is 0. The molecule has 49 heavy (non-hydrogen) atoms. The van der Waals surface area contributed by atoms with Crippen LogP contribution in [0.15, 0.2) is 186 Å². The van der Waals surface area contributed by atoms with Crippen LogP contribution in [0.1, 0.15) is 11.0 Å². The third-order valence-electron chi connectivity index (χ3n) is 9.51. The van der Waals surface area contributed by atoms with Gasteiger partial charge in [0.15, 0.2) is 0 Å². The molecule has 10 rings (SSSR count). The zero-order valence-electron chi connectivity index (χ0n) is 34.1. The summed E-state index contributed by atoms with van der Waals surface area (Å²) in [7, 11) is 0. The van der Waals surface area contributed by atoms with Crippen molar-refractivity contribution in [3.05, 3.63) is 182 Å².